The summed E-state index contributed by atoms with van der Waals surface area (Å²) in [5.74, 6) is 1.84. The van der Waals surface area contributed by atoms with E-state index in [0.29, 0.717) is 28.7 Å². The molecule has 3 aromatic rings. The molecule has 0 fully saturated rings. The summed E-state index contributed by atoms with van der Waals surface area (Å²) in [6, 6.07) is 7.34. The maximum Gasteiger partial charge on any atom is 0.217 e. The molecule has 0 unspecified atom stereocenters. The van der Waals surface area contributed by atoms with Crippen LogP contribution in [-0.2, 0) is 15.8 Å². The van der Waals surface area contributed by atoms with E-state index in [-0.39, 0.29) is 5.75 Å². The van der Waals surface area contributed by atoms with Crippen molar-refractivity contribution in [3.8, 4) is 11.1 Å². The Morgan fingerprint density at radius 1 is 0.964 bits per heavy atom. The first-order valence-corrected chi connectivity index (χ1v) is 10.2. The summed E-state index contributed by atoms with van der Waals surface area (Å²) in [5, 5.41) is 3.15. The maximum atomic E-state index is 12.3. The molecule has 0 radical (unpaired) electrons. The van der Waals surface area contributed by atoms with Crippen LogP contribution in [-0.4, -0.2) is 46.8 Å². The fourth-order valence-corrected chi connectivity index (χ4v) is 3.49. The highest BCUT2D eigenvalue weighted by Crippen LogP contribution is 2.25. The molecule has 3 aromatic heterocycles. The zero-order valence-corrected chi connectivity index (χ0v) is 17.0. The molecule has 28 heavy (non-hydrogen) atoms. The molecule has 9 heteroatoms. The number of pyridine rings is 2. The van der Waals surface area contributed by atoms with E-state index < -0.39 is 10.0 Å². The van der Waals surface area contributed by atoms with Crippen molar-refractivity contribution in [2.24, 2.45) is 0 Å². The molecule has 0 saturated carbocycles. The molecule has 0 aliphatic heterocycles. The van der Waals surface area contributed by atoms with E-state index in [0.717, 1.165) is 11.1 Å². The van der Waals surface area contributed by atoms with Crippen molar-refractivity contribution < 1.29 is 8.42 Å². The maximum absolute atomic E-state index is 12.3. The lowest BCUT2D eigenvalue weighted by Crippen LogP contribution is -2.24. The second kappa shape index (κ2) is 7.99. The lowest BCUT2D eigenvalue weighted by atomic mass is 10.1. The van der Waals surface area contributed by atoms with E-state index >= 15 is 0 Å². The molecule has 3 heterocycles. The van der Waals surface area contributed by atoms with E-state index in [2.05, 4.69) is 25.3 Å². The number of nitrogens with zero attached hydrogens (tertiary/aromatic N) is 5. The minimum Gasteiger partial charge on any atom is -0.325 e. The van der Waals surface area contributed by atoms with Crippen LogP contribution in [0.15, 0.2) is 42.9 Å². The summed E-state index contributed by atoms with van der Waals surface area (Å²) < 4.78 is 25.7. The number of anilines is 2. The normalized spacial score (nSPS) is 11.6. The van der Waals surface area contributed by atoms with Gasteiger partial charge in [-0.05, 0) is 49.2 Å². The highest BCUT2D eigenvalue weighted by Gasteiger charge is 2.17. The van der Waals surface area contributed by atoms with Gasteiger partial charge < -0.3 is 5.32 Å². The number of aromatic nitrogens is 4. The fourth-order valence-electron chi connectivity index (χ4n) is 2.54. The average Bonchev–Trinajstić information content (AvgIpc) is 2.63. The number of aryl methyl sites for hydroxylation is 2. The molecule has 0 saturated heterocycles. The molecule has 0 aliphatic carbocycles. The molecule has 1 N–H and O–H groups in total. The first-order chi connectivity index (χ1) is 13.2. The summed E-state index contributed by atoms with van der Waals surface area (Å²) in [7, 11) is -0.320. The molecule has 0 bridgehead atoms. The Morgan fingerprint density at radius 3 is 2.43 bits per heavy atom. The Morgan fingerprint density at radius 2 is 1.71 bits per heavy atom. The molecule has 0 spiro atoms. The molecule has 0 atom stereocenters. The number of rotatable bonds is 6. The molecule has 0 aliphatic rings. The zero-order chi connectivity index (χ0) is 20.3. The summed E-state index contributed by atoms with van der Waals surface area (Å²) in [6.45, 7) is 3.62. The highest BCUT2D eigenvalue weighted by atomic mass is 32.2. The van der Waals surface area contributed by atoms with E-state index in [9.17, 15) is 8.42 Å². The summed E-state index contributed by atoms with van der Waals surface area (Å²) >= 11 is 0. The Hall–Kier alpha value is -2.91. The Bertz CT molecular complexity index is 1100. The molecule has 0 aromatic carbocycles. The molecule has 146 valence electrons. The van der Waals surface area contributed by atoms with Gasteiger partial charge in [-0.3, -0.25) is 4.98 Å². The van der Waals surface area contributed by atoms with Crippen LogP contribution in [0.25, 0.3) is 11.1 Å². The third-order valence-corrected chi connectivity index (χ3v) is 6.00. The molecular formula is C19H22N6O2S. The number of hydrogen-bond donors (Lipinski definition) is 1. The van der Waals surface area contributed by atoms with Crippen molar-refractivity contribution in [1.82, 2.24) is 24.2 Å². The summed E-state index contributed by atoms with van der Waals surface area (Å²) in [4.78, 5) is 17.1. The van der Waals surface area contributed by atoms with Gasteiger partial charge in [-0.1, -0.05) is 0 Å². The first kappa shape index (κ1) is 19.8. The molecule has 8 nitrogen and oxygen atoms in total. The van der Waals surface area contributed by atoms with Crippen molar-refractivity contribution in [1.29, 1.82) is 0 Å². The van der Waals surface area contributed by atoms with Gasteiger partial charge in [0.1, 0.15) is 17.5 Å². The topological polar surface area (TPSA) is 101 Å². The van der Waals surface area contributed by atoms with Crippen molar-refractivity contribution >= 4 is 21.7 Å². The van der Waals surface area contributed by atoms with Crippen molar-refractivity contribution in [2.75, 3.05) is 19.4 Å². The van der Waals surface area contributed by atoms with E-state index in [4.69, 9.17) is 0 Å². The van der Waals surface area contributed by atoms with Crippen LogP contribution in [0, 0.1) is 13.8 Å². The van der Waals surface area contributed by atoms with E-state index in [1.54, 1.807) is 31.6 Å². The van der Waals surface area contributed by atoms with Gasteiger partial charge in [0.05, 0.1) is 5.75 Å². The average molecular weight is 398 g/mol. The standard InChI is InChI=1S/C19H22N6O2S/c1-13-17(12-28(26,27)25(3)4)9-16(11-22-13)15-5-7-21-19(10-15)24-18-6-8-20-14(2)23-18/h5-11H,12H2,1-4H3,(H,20,21,23,24). The van der Waals surface area contributed by atoms with Gasteiger partial charge >= 0.3 is 0 Å². The molecule has 3 rings (SSSR count). The van der Waals surface area contributed by atoms with Crippen LogP contribution in [0.1, 0.15) is 17.1 Å². The van der Waals surface area contributed by atoms with Crippen LogP contribution in [0.2, 0.25) is 0 Å². The van der Waals surface area contributed by atoms with Crippen molar-refractivity contribution in [2.45, 2.75) is 19.6 Å². The van der Waals surface area contributed by atoms with Gasteiger partial charge in [-0.15, -0.1) is 0 Å². The lowest BCUT2D eigenvalue weighted by molar-refractivity contribution is 0.519. The Kier molecular flexibility index (Phi) is 5.66. The monoisotopic (exact) mass is 398 g/mol. The predicted octanol–water partition coefficient (Wildman–Crippen LogP) is 2.69. The van der Waals surface area contributed by atoms with Crippen LogP contribution < -0.4 is 5.32 Å². The number of sulfonamides is 1. The summed E-state index contributed by atoms with van der Waals surface area (Å²) in [6.07, 6.45) is 5.09. The minimum atomic E-state index is -3.37. The summed E-state index contributed by atoms with van der Waals surface area (Å²) in [5.41, 5.74) is 3.06. The van der Waals surface area contributed by atoms with Crippen LogP contribution in [0.4, 0.5) is 11.6 Å². The Labute approximate surface area is 164 Å². The molecule has 0 amide bonds. The third-order valence-electron chi connectivity index (χ3n) is 4.21. The lowest BCUT2D eigenvalue weighted by Gasteiger charge is -2.14. The van der Waals surface area contributed by atoms with Crippen LogP contribution in [0.3, 0.4) is 0 Å². The second-order valence-corrected chi connectivity index (χ2v) is 8.73. The van der Waals surface area contributed by atoms with Gasteiger partial charge in [-0.25, -0.2) is 27.7 Å². The third kappa shape index (κ3) is 4.68. The quantitative estimate of drug-likeness (QED) is 0.681. The van der Waals surface area contributed by atoms with E-state index in [1.807, 2.05) is 25.1 Å². The largest absolute Gasteiger partial charge is 0.325 e. The smallest absolute Gasteiger partial charge is 0.217 e. The van der Waals surface area contributed by atoms with Gasteiger partial charge in [0, 0.05) is 43.9 Å². The van der Waals surface area contributed by atoms with Crippen molar-refractivity contribution in [3.63, 3.8) is 0 Å². The van der Waals surface area contributed by atoms with Gasteiger partial charge in [-0.2, -0.15) is 0 Å². The zero-order valence-electron chi connectivity index (χ0n) is 16.2. The first-order valence-electron chi connectivity index (χ1n) is 8.63. The second-order valence-electron chi connectivity index (χ2n) is 6.55. The van der Waals surface area contributed by atoms with Gasteiger partial charge in [0.2, 0.25) is 10.0 Å². The highest BCUT2D eigenvalue weighted by molar-refractivity contribution is 7.88. The Balaban J connectivity index is 1.91. The fraction of sp³-hybridized carbons (Fsp3) is 0.263. The van der Waals surface area contributed by atoms with Crippen LogP contribution in [0.5, 0.6) is 0 Å². The number of hydrogen-bond acceptors (Lipinski definition) is 7. The van der Waals surface area contributed by atoms with Gasteiger partial charge in [0.15, 0.2) is 0 Å². The van der Waals surface area contributed by atoms with E-state index in [1.165, 1.54) is 18.4 Å². The molecular weight excluding hydrogens is 376 g/mol. The SMILES string of the molecule is Cc1nccc(Nc2cc(-c3cnc(C)c(CS(=O)(=O)N(C)C)c3)ccn2)n1. The predicted molar refractivity (Wildman–Crippen MR) is 109 cm³/mol. The minimum absolute atomic E-state index is 0.0942. The van der Waals surface area contributed by atoms with Gasteiger partial charge in [0.25, 0.3) is 0 Å². The number of nitrogens with one attached hydrogen (secondary N) is 1. The van der Waals surface area contributed by atoms with Crippen molar-refractivity contribution in [3.05, 3.63) is 59.9 Å². The van der Waals surface area contributed by atoms with Crippen LogP contribution >= 0.6 is 0 Å².